The van der Waals surface area contributed by atoms with E-state index < -0.39 is 0 Å². The molecule has 3 rings (SSSR count). The van der Waals surface area contributed by atoms with Crippen LogP contribution in [0.4, 0.5) is 5.13 Å². The SMILES string of the molecule is COc1ccc2nc(NC(=O)CCn3c(C)ccc3C)sc2c1. The Morgan fingerprint density at radius 1 is 1.26 bits per heavy atom. The Hall–Kier alpha value is -2.34. The van der Waals surface area contributed by atoms with Gasteiger partial charge in [0.15, 0.2) is 5.13 Å². The quantitative estimate of drug-likeness (QED) is 0.775. The highest BCUT2D eigenvalue weighted by Crippen LogP contribution is 2.29. The largest absolute Gasteiger partial charge is 0.497 e. The first-order valence-electron chi connectivity index (χ1n) is 7.44. The summed E-state index contributed by atoms with van der Waals surface area (Å²) in [5.41, 5.74) is 3.20. The van der Waals surface area contributed by atoms with E-state index in [1.165, 1.54) is 22.7 Å². The van der Waals surface area contributed by atoms with Gasteiger partial charge in [-0.2, -0.15) is 0 Å². The van der Waals surface area contributed by atoms with Crippen LogP contribution >= 0.6 is 11.3 Å². The Bertz CT molecular complexity index is 831. The van der Waals surface area contributed by atoms with E-state index in [1.54, 1.807) is 7.11 Å². The Morgan fingerprint density at radius 2 is 2.00 bits per heavy atom. The van der Waals surface area contributed by atoms with E-state index in [4.69, 9.17) is 4.74 Å². The minimum Gasteiger partial charge on any atom is -0.497 e. The molecular formula is C17H19N3O2S. The molecule has 0 atom stereocenters. The van der Waals surface area contributed by atoms with Crippen molar-refractivity contribution < 1.29 is 9.53 Å². The molecule has 0 fully saturated rings. The predicted molar refractivity (Wildman–Crippen MR) is 93.3 cm³/mol. The Morgan fingerprint density at radius 3 is 2.70 bits per heavy atom. The smallest absolute Gasteiger partial charge is 0.227 e. The number of ether oxygens (including phenoxy) is 1. The Labute approximate surface area is 138 Å². The van der Waals surface area contributed by atoms with Gasteiger partial charge in [0.25, 0.3) is 0 Å². The van der Waals surface area contributed by atoms with Crippen molar-refractivity contribution in [1.82, 2.24) is 9.55 Å². The van der Waals surface area contributed by atoms with Crippen molar-refractivity contribution in [3.63, 3.8) is 0 Å². The van der Waals surface area contributed by atoms with Gasteiger partial charge in [-0.15, -0.1) is 0 Å². The molecule has 0 saturated heterocycles. The third kappa shape index (κ3) is 3.37. The summed E-state index contributed by atoms with van der Waals surface area (Å²) in [6, 6.07) is 9.82. The van der Waals surface area contributed by atoms with Crippen molar-refractivity contribution in [2.24, 2.45) is 0 Å². The lowest BCUT2D eigenvalue weighted by molar-refractivity contribution is -0.116. The van der Waals surface area contributed by atoms with Gasteiger partial charge in [-0.05, 0) is 44.2 Å². The number of hydrogen-bond donors (Lipinski definition) is 1. The van der Waals surface area contributed by atoms with Crippen molar-refractivity contribution in [1.29, 1.82) is 0 Å². The Kier molecular flexibility index (Phi) is 4.34. The highest BCUT2D eigenvalue weighted by atomic mass is 32.1. The topological polar surface area (TPSA) is 56.1 Å². The maximum Gasteiger partial charge on any atom is 0.227 e. The second kappa shape index (κ2) is 6.42. The molecule has 2 heterocycles. The molecule has 0 aliphatic rings. The van der Waals surface area contributed by atoms with Crippen LogP contribution < -0.4 is 10.1 Å². The van der Waals surface area contributed by atoms with Gasteiger partial charge in [-0.3, -0.25) is 4.79 Å². The predicted octanol–water partition coefficient (Wildman–Crippen LogP) is 3.75. The van der Waals surface area contributed by atoms with Crippen LogP contribution in [-0.2, 0) is 11.3 Å². The molecule has 1 N–H and O–H groups in total. The number of nitrogens with zero attached hydrogens (tertiary/aromatic N) is 2. The standard InChI is InChI=1S/C17H19N3O2S/c1-11-4-5-12(2)20(11)9-8-16(21)19-17-18-14-7-6-13(22-3)10-15(14)23-17/h4-7,10H,8-9H2,1-3H3,(H,18,19,21). The number of anilines is 1. The van der Waals surface area contributed by atoms with Gasteiger partial charge in [0.2, 0.25) is 5.91 Å². The number of amides is 1. The van der Waals surface area contributed by atoms with Crippen LogP contribution in [0.1, 0.15) is 17.8 Å². The summed E-state index contributed by atoms with van der Waals surface area (Å²) in [6.45, 7) is 4.77. The number of benzene rings is 1. The van der Waals surface area contributed by atoms with E-state index in [1.807, 2.05) is 32.0 Å². The number of aromatic nitrogens is 2. The molecule has 23 heavy (non-hydrogen) atoms. The van der Waals surface area contributed by atoms with Crippen LogP contribution in [0.25, 0.3) is 10.2 Å². The van der Waals surface area contributed by atoms with E-state index >= 15 is 0 Å². The van der Waals surface area contributed by atoms with Gasteiger partial charge >= 0.3 is 0 Å². The molecule has 2 aromatic heterocycles. The number of aryl methyl sites for hydroxylation is 2. The molecule has 0 radical (unpaired) electrons. The average molecular weight is 329 g/mol. The van der Waals surface area contributed by atoms with Crippen molar-refractivity contribution in [3.8, 4) is 5.75 Å². The molecule has 120 valence electrons. The molecule has 5 nitrogen and oxygen atoms in total. The molecule has 3 aromatic rings. The molecule has 6 heteroatoms. The van der Waals surface area contributed by atoms with Crippen LogP contribution in [-0.4, -0.2) is 22.6 Å². The minimum absolute atomic E-state index is 0.0245. The lowest BCUT2D eigenvalue weighted by Crippen LogP contribution is -2.15. The summed E-state index contributed by atoms with van der Waals surface area (Å²) in [5, 5.41) is 3.51. The second-order valence-corrected chi connectivity index (χ2v) is 6.45. The molecular weight excluding hydrogens is 310 g/mol. The number of hydrogen-bond acceptors (Lipinski definition) is 4. The van der Waals surface area contributed by atoms with E-state index in [-0.39, 0.29) is 5.91 Å². The molecule has 0 spiro atoms. The summed E-state index contributed by atoms with van der Waals surface area (Å²) >= 11 is 1.45. The van der Waals surface area contributed by atoms with Crippen LogP contribution in [0.3, 0.4) is 0 Å². The first-order valence-corrected chi connectivity index (χ1v) is 8.25. The van der Waals surface area contributed by atoms with Gasteiger partial charge in [-0.1, -0.05) is 11.3 Å². The normalized spacial score (nSPS) is 10.9. The van der Waals surface area contributed by atoms with Crippen LogP contribution in [0.5, 0.6) is 5.75 Å². The van der Waals surface area contributed by atoms with E-state index in [0.717, 1.165) is 16.0 Å². The van der Waals surface area contributed by atoms with Gasteiger partial charge in [-0.25, -0.2) is 4.98 Å². The van der Waals surface area contributed by atoms with Crippen LogP contribution in [0.2, 0.25) is 0 Å². The summed E-state index contributed by atoms with van der Waals surface area (Å²) < 4.78 is 8.34. The third-order valence-electron chi connectivity index (χ3n) is 3.82. The monoisotopic (exact) mass is 329 g/mol. The van der Waals surface area contributed by atoms with Crippen LogP contribution in [0.15, 0.2) is 30.3 Å². The maximum absolute atomic E-state index is 12.1. The summed E-state index contributed by atoms with van der Waals surface area (Å²) in [5.74, 6) is 0.765. The first kappa shape index (κ1) is 15.6. The fourth-order valence-electron chi connectivity index (χ4n) is 2.53. The fraction of sp³-hybridized carbons (Fsp3) is 0.294. The number of carbonyl (C=O) groups is 1. The number of thiazole rings is 1. The average Bonchev–Trinajstić information content (AvgIpc) is 3.07. The number of rotatable bonds is 5. The zero-order valence-electron chi connectivity index (χ0n) is 13.4. The second-order valence-electron chi connectivity index (χ2n) is 5.42. The maximum atomic E-state index is 12.1. The Balaban J connectivity index is 1.66. The fourth-order valence-corrected chi connectivity index (χ4v) is 3.44. The minimum atomic E-state index is -0.0245. The highest BCUT2D eigenvalue weighted by molar-refractivity contribution is 7.22. The summed E-state index contributed by atoms with van der Waals surface area (Å²) in [6.07, 6.45) is 0.426. The molecule has 0 bridgehead atoms. The number of carbonyl (C=O) groups excluding carboxylic acids is 1. The number of nitrogens with one attached hydrogen (secondary N) is 1. The molecule has 0 unspecified atom stereocenters. The molecule has 0 aliphatic heterocycles. The molecule has 0 saturated carbocycles. The van der Waals surface area contributed by atoms with Gasteiger partial charge in [0.1, 0.15) is 5.75 Å². The van der Waals surface area contributed by atoms with Crippen molar-refractivity contribution in [2.45, 2.75) is 26.8 Å². The zero-order chi connectivity index (χ0) is 16.4. The lowest BCUT2D eigenvalue weighted by Gasteiger charge is -2.08. The van der Waals surface area contributed by atoms with Gasteiger partial charge in [0.05, 0.1) is 17.3 Å². The molecule has 1 aromatic carbocycles. The number of methoxy groups -OCH3 is 1. The number of fused-ring (bicyclic) bond motifs is 1. The zero-order valence-corrected chi connectivity index (χ0v) is 14.2. The van der Waals surface area contributed by atoms with Crippen molar-refractivity contribution >= 4 is 32.6 Å². The summed E-state index contributed by atoms with van der Waals surface area (Å²) in [7, 11) is 1.64. The molecule has 0 aliphatic carbocycles. The van der Waals surface area contributed by atoms with Gasteiger partial charge in [0, 0.05) is 24.4 Å². The van der Waals surface area contributed by atoms with E-state index in [0.29, 0.717) is 18.1 Å². The lowest BCUT2D eigenvalue weighted by atomic mass is 10.3. The first-order chi connectivity index (χ1) is 11.1. The van der Waals surface area contributed by atoms with Crippen LogP contribution in [0, 0.1) is 13.8 Å². The van der Waals surface area contributed by atoms with Crippen molar-refractivity contribution in [3.05, 3.63) is 41.7 Å². The highest BCUT2D eigenvalue weighted by Gasteiger charge is 2.10. The third-order valence-corrected chi connectivity index (χ3v) is 4.76. The summed E-state index contributed by atoms with van der Waals surface area (Å²) in [4.78, 5) is 16.6. The molecule has 1 amide bonds. The van der Waals surface area contributed by atoms with Crippen molar-refractivity contribution in [2.75, 3.05) is 12.4 Å². The van der Waals surface area contributed by atoms with E-state index in [2.05, 4.69) is 27.0 Å². The van der Waals surface area contributed by atoms with Gasteiger partial charge < -0.3 is 14.6 Å². The van der Waals surface area contributed by atoms with E-state index in [9.17, 15) is 4.79 Å².